The first-order valence-electron chi connectivity index (χ1n) is 5.09. The molecule has 1 aromatic heterocycles. The van der Waals surface area contributed by atoms with E-state index in [1.807, 2.05) is 0 Å². The molecular formula is C11H12BrClO2S. The zero-order valence-corrected chi connectivity index (χ0v) is 12.0. The van der Waals surface area contributed by atoms with Crippen molar-refractivity contribution in [3.63, 3.8) is 0 Å². The van der Waals surface area contributed by atoms with E-state index in [4.69, 9.17) is 16.3 Å². The number of Topliss-reactive ketones (excluding diaryl/α,β-unsaturated/α-hetero) is 1. The van der Waals surface area contributed by atoms with Gasteiger partial charge in [-0.2, -0.15) is 0 Å². The van der Waals surface area contributed by atoms with E-state index in [1.165, 1.54) is 11.3 Å². The highest BCUT2D eigenvalue weighted by Crippen LogP contribution is 2.40. The third-order valence-electron chi connectivity index (χ3n) is 3.10. The summed E-state index contributed by atoms with van der Waals surface area (Å²) in [5, 5.41) is 0. The van der Waals surface area contributed by atoms with Crippen LogP contribution in [0.1, 0.15) is 35.4 Å². The molecule has 88 valence electrons. The van der Waals surface area contributed by atoms with Crippen LogP contribution in [0.4, 0.5) is 0 Å². The van der Waals surface area contributed by atoms with Gasteiger partial charge in [0.25, 0.3) is 0 Å². The number of halogens is 2. The smallest absolute Gasteiger partial charge is 0.175 e. The molecule has 1 saturated carbocycles. The van der Waals surface area contributed by atoms with Crippen LogP contribution < -0.4 is 0 Å². The molecule has 0 N–H and O–H groups in total. The molecule has 1 heterocycles. The second kappa shape index (κ2) is 4.77. The molecule has 1 aliphatic carbocycles. The Kier molecular flexibility index (Phi) is 3.74. The van der Waals surface area contributed by atoms with Crippen molar-refractivity contribution in [1.82, 2.24) is 0 Å². The minimum Gasteiger partial charge on any atom is -0.378 e. The van der Waals surface area contributed by atoms with Gasteiger partial charge in [0.15, 0.2) is 5.78 Å². The number of ketones is 1. The minimum absolute atomic E-state index is 0.124. The predicted octanol–water partition coefficient (Wildman–Crippen LogP) is 4.31. The third-order valence-corrected chi connectivity index (χ3v) is 5.62. The maximum absolute atomic E-state index is 12.0. The highest BCUT2D eigenvalue weighted by atomic mass is 79.9. The summed E-state index contributed by atoms with van der Waals surface area (Å²) in [6, 6.07) is 1.79. The van der Waals surface area contributed by atoms with Gasteiger partial charge in [0, 0.05) is 18.0 Å². The molecule has 2 rings (SSSR count). The molecule has 0 bridgehead atoms. The average molecular weight is 324 g/mol. The van der Waals surface area contributed by atoms with Gasteiger partial charge in [-0.1, -0.05) is 11.6 Å². The highest BCUT2D eigenvalue weighted by molar-refractivity contribution is 9.10. The van der Waals surface area contributed by atoms with Gasteiger partial charge in [0.1, 0.15) is 4.34 Å². The molecule has 5 heteroatoms. The van der Waals surface area contributed by atoms with Crippen LogP contribution in [0.3, 0.4) is 0 Å². The van der Waals surface area contributed by atoms with E-state index in [0.717, 1.165) is 23.7 Å². The second-order valence-corrected chi connectivity index (χ2v) is 6.58. The van der Waals surface area contributed by atoms with Crippen molar-refractivity contribution < 1.29 is 9.53 Å². The summed E-state index contributed by atoms with van der Waals surface area (Å²) in [5.74, 6) is 0.124. The van der Waals surface area contributed by atoms with E-state index in [1.54, 1.807) is 13.2 Å². The van der Waals surface area contributed by atoms with Crippen molar-refractivity contribution in [3.05, 3.63) is 19.8 Å². The average Bonchev–Trinajstić information content (AvgIpc) is 2.53. The van der Waals surface area contributed by atoms with Crippen molar-refractivity contribution in [2.24, 2.45) is 0 Å². The van der Waals surface area contributed by atoms with Crippen molar-refractivity contribution >= 4 is 44.7 Å². The maximum atomic E-state index is 12.0. The number of carbonyl (C=O) groups excluding carboxylic acids is 1. The highest BCUT2D eigenvalue weighted by Gasteiger charge is 2.39. The Morgan fingerprint density at radius 3 is 2.75 bits per heavy atom. The standard InChI is InChI=1S/C11H12BrClO2S/c1-15-11(3-2-4-11)6-8(14)9-5-7(12)10(13)16-9/h5H,2-4,6H2,1H3. The van der Waals surface area contributed by atoms with Gasteiger partial charge in [-0.15, -0.1) is 11.3 Å². The second-order valence-electron chi connectivity index (χ2n) is 4.07. The van der Waals surface area contributed by atoms with Crippen LogP contribution >= 0.6 is 38.9 Å². The molecule has 0 saturated heterocycles. The molecule has 1 fully saturated rings. The fraction of sp³-hybridized carbons (Fsp3) is 0.545. The number of hydrogen-bond donors (Lipinski definition) is 0. The van der Waals surface area contributed by atoms with Gasteiger partial charge >= 0.3 is 0 Å². The summed E-state index contributed by atoms with van der Waals surface area (Å²) < 4.78 is 6.86. The SMILES string of the molecule is COC1(CC(=O)c2cc(Br)c(Cl)s2)CCC1. The lowest BCUT2D eigenvalue weighted by Gasteiger charge is -2.39. The van der Waals surface area contributed by atoms with Crippen LogP contribution in [0, 0.1) is 0 Å². The molecule has 1 aromatic rings. The molecule has 0 radical (unpaired) electrons. The zero-order chi connectivity index (χ0) is 11.8. The summed E-state index contributed by atoms with van der Waals surface area (Å²) in [6.45, 7) is 0. The van der Waals surface area contributed by atoms with Crippen molar-refractivity contribution in [3.8, 4) is 0 Å². The first-order valence-corrected chi connectivity index (χ1v) is 7.08. The van der Waals surface area contributed by atoms with Crippen LogP contribution in [0.2, 0.25) is 4.34 Å². The molecule has 2 nitrogen and oxygen atoms in total. The Morgan fingerprint density at radius 2 is 2.38 bits per heavy atom. The largest absolute Gasteiger partial charge is 0.378 e. The van der Waals surface area contributed by atoms with Gasteiger partial charge < -0.3 is 4.74 Å². The summed E-state index contributed by atoms with van der Waals surface area (Å²) >= 11 is 10.5. The van der Waals surface area contributed by atoms with Gasteiger partial charge in [0.05, 0.1) is 10.5 Å². The van der Waals surface area contributed by atoms with E-state index in [-0.39, 0.29) is 11.4 Å². The number of hydrogen-bond acceptors (Lipinski definition) is 3. The number of rotatable bonds is 4. The monoisotopic (exact) mass is 322 g/mol. The molecule has 0 aliphatic heterocycles. The van der Waals surface area contributed by atoms with Crippen molar-refractivity contribution in [2.45, 2.75) is 31.3 Å². The van der Waals surface area contributed by atoms with Gasteiger partial charge in [-0.05, 0) is 41.3 Å². The van der Waals surface area contributed by atoms with Crippen molar-refractivity contribution in [2.75, 3.05) is 7.11 Å². The van der Waals surface area contributed by atoms with Crippen LogP contribution in [0.5, 0.6) is 0 Å². The topological polar surface area (TPSA) is 26.3 Å². The molecule has 16 heavy (non-hydrogen) atoms. The summed E-state index contributed by atoms with van der Waals surface area (Å²) in [5.41, 5.74) is -0.208. The Labute approximate surface area is 112 Å². The number of ether oxygens (including phenoxy) is 1. The van der Waals surface area contributed by atoms with Crippen LogP contribution in [0.25, 0.3) is 0 Å². The van der Waals surface area contributed by atoms with Gasteiger partial charge in [-0.25, -0.2) is 0 Å². The van der Waals surface area contributed by atoms with E-state index in [0.29, 0.717) is 15.6 Å². The van der Waals surface area contributed by atoms with E-state index >= 15 is 0 Å². The molecular weight excluding hydrogens is 312 g/mol. The minimum atomic E-state index is -0.208. The summed E-state index contributed by atoms with van der Waals surface area (Å²) in [6.07, 6.45) is 3.58. The van der Waals surface area contributed by atoms with Crippen LogP contribution in [0.15, 0.2) is 10.5 Å². The van der Waals surface area contributed by atoms with Crippen LogP contribution in [-0.2, 0) is 4.74 Å². The molecule has 0 spiro atoms. The van der Waals surface area contributed by atoms with E-state index < -0.39 is 0 Å². The van der Waals surface area contributed by atoms with Crippen LogP contribution in [-0.4, -0.2) is 18.5 Å². The van der Waals surface area contributed by atoms with E-state index in [2.05, 4.69) is 15.9 Å². The number of thiophene rings is 1. The maximum Gasteiger partial charge on any atom is 0.175 e. The zero-order valence-electron chi connectivity index (χ0n) is 8.89. The Balaban J connectivity index is 2.08. The Bertz CT molecular complexity index is 387. The normalized spacial score (nSPS) is 18.2. The first kappa shape index (κ1) is 12.6. The fourth-order valence-corrected chi connectivity index (χ4v) is 3.53. The first-order chi connectivity index (χ1) is 7.56. The third kappa shape index (κ3) is 2.35. The molecule has 0 amide bonds. The van der Waals surface area contributed by atoms with Gasteiger partial charge in [-0.3, -0.25) is 4.79 Å². The number of methoxy groups -OCH3 is 1. The molecule has 0 unspecified atom stereocenters. The van der Waals surface area contributed by atoms with Gasteiger partial charge in [0.2, 0.25) is 0 Å². The fourth-order valence-electron chi connectivity index (χ4n) is 1.89. The Morgan fingerprint density at radius 1 is 1.69 bits per heavy atom. The molecule has 0 atom stereocenters. The quantitative estimate of drug-likeness (QED) is 0.772. The predicted molar refractivity (Wildman–Crippen MR) is 69.6 cm³/mol. The van der Waals surface area contributed by atoms with Crippen molar-refractivity contribution in [1.29, 1.82) is 0 Å². The summed E-state index contributed by atoms with van der Waals surface area (Å²) in [4.78, 5) is 12.7. The lowest BCUT2D eigenvalue weighted by molar-refractivity contribution is -0.0704. The Hall–Kier alpha value is 0.1000. The number of carbonyl (C=O) groups is 1. The summed E-state index contributed by atoms with van der Waals surface area (Å²) in [7, 11) is 1.68. The lowest BCUT2D eigenvalue weighted by Crippen LogP contribution is -2.41. The van der Waals surface area contributed by atoms with E-state index in [9.17, 15) is 4.79 Å². The molecule has 0 aromatic carbocycles. The lowest BCUT2D eigenvalue weighted by atomic mass is 9.76. The molecule has 1 aliphatic rings.